The third-order valence-electron chi connectivity index (χ3n) is 3.29. The third-order valence-corrected chi connectivity index (χ3v) is 3.29. The molecule has 0 unspecified atom stereocenters. The van der Waals surface area contributed by atoms with Gasteiger partial charge in [-0.2, -0.15) is 0 Å². The van der Waals surface area contributed by atoms with Crippen molar-refractivity contribution in [1.29, 1.82) is 0 Å². The van der Waals surface area contributed by atoms with Gasteiger partial charge in [-0.1, -0.05) is 30.3 Å². The first kappa shape index (κ1) is 14.3. The molecular formula is C15H18O3. The SMILES string of the molecule is CC(=O)CC[C@@](C)(C(C)=O)C(=O)c1ccccc1. The van der Waals surface area contributed by atoms with Crippen molar-refractivity contribution in [3.8, 4) is 0 Å². The summed E-state index contributed by atoms with van der Waals surface area (Å²) in [5.41, 5.74) is -0.591. The fraction of sp³-hybridized carbons (Fsp3) is 0.400. The van der Waals surface area contributed by atoms with Crippen molar-refractivity contribution < 1.29 is 14.4 Å². The van der Waals surface area contributed by atoms with Crippen LogP contribution in [0.25, 0.3) is 0 Å². The lowest BCUT2D eigenvalue weighted by Crippen LogP contribution is -2.35. The fourth-order valence-corrected chi connectivity index (χ4v) is 1.78. The number of carbonyl (C=O) groups excluding carboxylic acids is 3. The first-order valence-electron chi connectivity index (χ1n) is 5.98. The van der Waals surface area contributed by atoms with E-state index in [2.05, 4.69) is 0 Å². The topological polar surface area (TPSA) is 51.2 Å². The maximum absolute atomic E-state index is 12.4. The predicted octanol–water partition coefficient (Wildman–Crippen LogP) is 2.83. The van der Waals surface area contributed by atoms with Gasteiger partial charge in [-0.15, -0.1) is 0 Å². The highest BCUT2D eigenvalue weighted by Gasteiger charge is 2.38. The number of Topliss-reactive ketones (excluding diaryl/α,β-unsaturated/α-hetero) is 3. The van der Waals surface area contributed by atoms with Crippen molar-refractivity contribution in [2.24, 2.45) is 5.41 Å². The molecule has 0 amide bonds. The molecule has 3 nitrogen and oxygen atoms in total. The van der Waals surface area contributed by atoms with Crippen molar-refractivity contribution in [2.75, 3.05) is 0 Å². The molecule has 1 rings (SSSR count). The average Bonchev–Trinajstić information content (AvgIpc) is 2.35. The van der Waals surface area contributed by atoms with Gasteiger partial charge in [0.05, 0.1) is 5.41 Å². The van der Waals surface area contributed by atoms with Crippen molar-refractivity contribution in [3.63, 3.8) is 0 Å². The second-order valence-corrected chi connectivity index (χ2v) is 4.79. The highest BCUT2D eigenvalue weighted by atomic mass is 16.2. The van der Waals surface area contributed by atoms with Gasteiger partial charge >= 0.3 is 0 Å². The zero-order chi connectivity index (χ0) is 13.8. The number of rotatable bonds is 6. The van der Waals surface area contributed by atoms with E-state index >= 15 is 0 Å². The summed E-state index contributed by atoms with van der Waals surface area (Å²) in [6, 6.07) is 8.73. The highest BCUT2D eigenvalue weighted by molar-refractivity contribution is 6.13. The molecule has 1 aromatic carbocycles. The molecule has 0 fully saturated rings. The van der Waals surface area contributed by atoms with Crippen molar-refractivity contribution in [3.05, 3.63) is 35.9 Å². The van der Waals surface area contributed by atoms with Gasteiger partial charge in [0.1, 0.15) is 11.6 Å². The number of ketones is 3. The molecule has 18 heavy (non-hydrogen) atoms. The van der Waals surface area contributed by atoms with Crippen LogP contribution in [0.15, 0.2) is 30.3 Å². The Balaban J connectivity index is 3.01. The third kappa shape index (κ3) is 3.13. The Morgan fingerprint density at radius 1 is 1.06 bits per heavy atom. The molecule has 0 bridgehead atoms. The summed E-state index contributed by atoms with van der Waals surface area (Å²) in [5, 5.41) is 0. The van der Waals surface area contributed by atoms with E-state index in [0.29, 0.717) is 5.56 Å². The Labute approximate surface area is 107 Å². The zero-order valence-electron chi connectivity index (χ0n) is 11.0. The van der Waals surface area contributed by atoms with E-state index in [4.69, 9.17) is 0 Å². The van der Waals surface area contributed by atoms with Gasteiger partial charge < -0.3 is 4.79 Å². The molecule has 0 aliphatic heterocycles. The van der Waals surface area contributed by atoms with Crippen LogP contribution in [0.4, 0.5) is 0 Å². The molecule has 0 aliphatic rings. The Morgan fingerprint density at radius 3 is 2.06 bits per heavy atom. The van der Waals surface area contributed by atoms with Crippen LogP contribution in [0.5, 0.6) is 0 Å². The maximum Gasteiger partial charge on any atom is 0.176 e. The van der Waals surface area contributed by atoms with E-state index in [1.54, 1.807) is 31.2 Å². The number of carbonyl (C=O) groups is 3. The number of hydrogen-bond donors (Lipinski definition) is 0. The lowest BCUT2D eigenvalue weighted by Gasteiger charge is -2.24. The minimum Gasteiger partial charge on any atom is -0.300 e. The average molecular weight is 246 g/mol. The van der Waals surface area contributed by atoms with Gasteiger partial charge in [0.2, 0.25) is 0 Å². The Hall–Kier alpha value is -1.77. The molecular weight excluding hydrogens is 228 g/mol. The van der Waals surface area contributed by atoms with Crippen LogP contribution < -0.4 is 0 Å². The fourth-order valence-electron chi connectivity index (χ4n) is 1.78. The zero-order valence-corrected chi connectivity index (χ0v) is 11.0. The summed E-state index contributed by atoms with van der Waals surface area (Å²) in [5.74, 6) is -0.419. The monoisotopic (exact) mass is 246 g/mol. The van der Waals surface area contributed by atoms with E-state index in [0.717, 1.165) is 0 Å². The lowest BCUT2D eigenvalue weighted by molar-refractivity contribution is -0.124. The highest BCUT2D eigenvalue weighted by Crippen LogP contribution is 2.29. The summed E-state index contributed by atoms with van der Waals surface area (Å²) in [6.45, 7) is 4.49. The van der Waals surface area contributed by atoms with Gasteiger partial charge in [-0.25, -0.2) is 0 Å². The van der Waals surface area contributed by atoms with Crippen LogP contribution in [-0.2, 0) is 9.59 Å². The van der Waals surface area contributed by atoms with Crippen LogP contribution in [0.3, 0.4) is 0 Å². The normalized spacial score (nSPS) is 13.7. The molecule has 0 aromatic heterocycles. The minimum absolute atomic E-state index is 0.0108. The largest absolute Gasteiger partial charge is 0.300 e. The smallest absolute Gasteiger partial charge is 0.176 e. The standard InChI is InChI=1S/C15H18O3/c1-11(16)9-10-15(3,12(2)17)14(18)13-7-5-4-6-8-13/h4-8H,9-10H2,1-3H3/t15-/m0/s1. The van der Waals surface area contributed by atoms with Gasteiger partial charge in [-0.3, -0.25) is 9.59 Å². The number of benzene rings is 1. The van der Waals surface area contributed by atoms with Crippen LogP contribution in [0.1, 0.15) is 44.0 Å². The van der Waals surface area contributed by atoms with Crippen LogP contribution in [0.2, 0.25) is 0 Å². The summed E-state index contributed by atoms with van der Waals surface area (Å²) in [4.78, 5) is 35.2. The molecule has 0 radical (unpaired) electrons. The lowest BCUT2D eigenvalue weighted by atomic mass is 9.75. The van der Waals surface area contributed by atoms with Crippen molar-refractivity contribution >= 4 is 17.3 Å². The summed E-state index contributed by atoms with van der Waals surface area (Å²) < 4.78 is 0. The molecule has 0 aliphatic carbocycles. The summed E-state index contributed by atoms with van der Waals surface area (Å²) >= 11 is 0. The Morgan fingerprint density at radius 2 is 1.61 bits per heavy atom. The Bertz CT molecular complexity index is 462. The first-order chi connectivity index (χ1) is 8.38. The molecule has 0 heterocycles. The van der Waals surface area contributed by atoms with Crippen molar-refractivity contribution in [1.82, 2.24) is 0 Å². The maximum atomic E-state index is 12.4. The van der Waals surface area contributed by atoms with Crippen LogP contribution in [0, 0.1) is 5.41 Å². The molecule has 1 atom stereocenters. The molecule has 0 spiro atoms. The van der Waals surface area contributed by atoms with E-state index in [1.165, 1.54) is 13.8 Å². The van der Waals surface area contributed by atoms with E-state index < -0.39 is 5.41 Å². The van der Waals surface area contributed by atoms with Gasteiger partial charge in [0.25, 0.3) is 0 Å². The minimum atomic E-state index is -1.10. The quantitative estimate of drug-likeness (QED) is 0.573. The molecule has 0 N–H and O–H groups in total. The summed E-state index contributed by atoms with van der Waals surface area (Å²) in [6.07, 6.45) is 0.514. The van der Waals surface area contributed by atoms with Crippen LogP contribution >= 0.6 is 0 Å². The van der Waals surface area contributed by atoms with E-state index in [9.17, 15) is 14.4 Å². The molecule has 3 heteroatoms. The first-order valence-corrected chi connectivity index (χ1v) is 5.98. The predicted molar refractivity (Wildman–Crippen MR) is 69.5 cm³/mol. The van der Waals surface area contributed by atoms with Crippen LogP contribution in [-0.4, -0.2) is 17.3 Å². The Kier molecular flexibility index (Phi) is 4.54. The van der Waals surface area contributed by atoms with Gasteiger partial charge in [0.15, 0.2) is 5.78 Å². The molecule has 0 saturated heterocycles. The second-order valence-electron chi connectivity index (χ2n) is 4.79. The van der Waals surface area contributed by atoms with E-state index in [1.807, 2.05) is 6.07 Å². The molecule has 96 valence electrons. The second kappa shape index (κ2) is 5.71. The number of hydrogen-bond acceptors (Lipinski definition) is 3. The van der Waals surface area contributed by atoms with E-state index in [-0.39, 0.29) is 30.2 Å². The summed E-state index contributed by atoms with van der Waals surface area (Å²) in [7, 11) is 0. The molecule has 0 saturated carbocycles. The van der Waals surface area contributed by atoms with Gasteiger partial charge in [-0.05, 0) is 27.2 Å². The molecule has 1 aromatic rings. The van der Waals surface area contributed by atoms with Gasteiger partial charge in [0, 0.05) is 12.0 Å². The van der Waals surface area contributed by atoms with Crippen molar-refractivity contribution in [2.45, 2.75) is 33.6 Å².